The van der Waals surface area contributed by atoms with Crippen LogP contribution in [0, 0.1) is 31.1 Å². The molecule has 1 aliphatic rings. The van der Waals surface area contributed by atoms with E-state index >= 15 is 0 Å². The topological polar surface area (TPSA) is 157 Å². The summed E-state index contributed by atoms with van der Waals surface area (Å²) in [5.41, 5.74) is 3.65. The van der Waals surface area contributed by atoms with Gasteiger partial charge in [0, 0.05) is 38.1 Å². The Morgan fingerprint density at radius 1 is 1.10 bits per heavy atom. The third kappa shape index (κ3) is 11.1. The summed E-state index contributed by atoms with van der Waals surface area (Å²) in [5, 5.41) is 35.2. The number of aromatic nitrogens is 4. The SMILES string of the molecule is CNCc1cn(CC2CCN(c3nc(C)cc(C)c3C#N)CC2)nn1.O=C(O)C(F)(F)F.O=C(O)C(F)(F)F. The van der Waals surface area contributed by atoms with Crippen molar-refractivity contribution in [3.63, 3.8) is 0 Å². The molecule has 0 radical (unpaired) electrons. The highest BCUT2D eigenvalue weighted by Crippen LogP contribution is 2.27. The van der Waals surface area contributed by atoms with Gasteiger partial charge in [-0.1, -0.05) is 5.21 Å². The van der Waals surface area contributed by atoms with Crippen LogP contribution in [0.4, 0.5) is 32.2 Å². The van der Waals surface area contributed by atoms with E-state index in [1.54, 1.807) is 0 Å². The lowest BCUT2D eigenvalue weighted by Gasteiger charge is -2.33. The van der Waals surface area contributed by atoms with Gasteiger partial charge in [0.1, 0.15) is 11.9 Å². The van der Waals surface area contributed by atoms with E-state index in [4.69, 9.17) is 19.8 Å². The number of carboxylic acid groups (broad SMARTS) is 2. The number of alkyl halides is 6. The number of aryl methyl sites for hydroxylation is 2. The molecular weight excluding hydrogens is 540 g/mol. The predicted octanol–water partition coefficient (Wildman–Crippen LogP) is 3.06. The van der Waals surface area contributed by atoms with E-state index in [-0.39, 0.29) is 0 Å². The molecular formula is C22H27F6N7O4. The first kappa shape index (κ1) is 33.1. The van der Waals surface area contributed by atoms with Gasteiger partial charge in [0.15, 0.2) is 0 Å². The minimum Gasteiger partial charge on any atom is -0.475 e. The van der Waals surface area contributed by atoms with Gasteiger partial charge >= 0.3 is 24.3 Å². The molecule has 0 saturated carbocycles. The first-order chi connectivity index (χ1) is 18.0. The van der Waals surface area contributed by atoms with Crippen LogP contribution in [0.15, 0.2) is 12.3 Å². The van der Waals surface area contributed by atoms with Crippen molar-refractivity contribution in [2.45, 2.75) is 52.1 Å². The number of carbonyl (C=O) groups is 2. The number of nitriles is 1. The number of hydrogen-bond donors (Lipinski definition) is 3. The van der Waals surface area contributed by atoms with Crippen LogP contribution in [-0.4, -0.2) is 74.6 Å². The summed E-state index contributed by atoms with van der Waals surface area (Å²) in [6.45, 7) is 7.46. The van der Waals surface area contributed by atoms with Crippen molar-refractivity contribution < 1.29 is 46.1 Å². The Hall–Kier alpha value is -3.94. The quantitative estimate of drug-likeness (QED) is 0.459. The van der Waals surface area contributed by atoms with Crippen LogP contribution in [0.3, 0.4) is 0 Å². The second kappa shape index (κ2) is 14.3. The molecule has 1 saturated heterocycles. The molecule has 1 aliphatic heterocycles. The molecule has 3 heterocycles. The summed E-state index contributed by atoms with van der Waals surface area (Å²) in [6.07, 6.45) is -6.01. The summed E-state index contributed by atoms with van der Waals surface area (Å²) in [6, 6.07) is 4.30. The maximum absolute atomic E-state index is 10.6. The van der Waals surface area contributed by atoms with Gasteiger partial charge in [-0.15, -0.1) is 5.10 Å². The highest BCUT2D eigenvalue weighted by atomic mass is 19.4. The van der Waals surface area contributed by atoms with Crippen molar-refractivity contribution in [3.05, 3.63) is 34.8 Å². The van der Waals surface area contributed by atoms with E-state index in [2.05, 4.69) is 31.6 Å². The average Bonchev–Trinajstić information content (AvgIpc) is 3.26. The molecule has 17 heteroatoms. The number of aliphatic carboxylic acids is 2. The molecule has 0 bridgehead atoms. The summed E-state index contributed by atoms with van der Waals surface area (Å²) < 4.78 is 65.4. The Labute approximate surface area is 219 Å². The Morgan fingerprint density at radius 2 is 1.62 bits per heavy atom. The number of nitrogens with one attached hydrogen (secondary N) is 1. The monoisotopic (exact) mass is 567 g/mol. The predicted molar refractivity (Wildman–Crippen MR) is 124 cm³/mol. The minimum atomic E-state index is -5.08. The van der Waals surface area contributed by atoms with E-state index in [1.807, 2.05) is 37.8 Å². The molecule has 216 valence electrons. The fourth-order valence-electron chi connectivity index (χ4n) is 3.47. The number of carboxylic acids is 2. The molecule has 0 amide bonds. The third-order valence-corrected chi connectivity index (χ3v) is 5.23. The number of pyridine rings is 1. The number of piperidine rings is 1. The van der Waals surface area contributed by atoms with Crippen LogP contribution in [0.5, 0.6) is 0 Å². The van der Waals surface area contributed by atoms with Gasteiger partial charge in [0.25, 0.3) is 0 Å². The highest BCUT2D eigenvalue weighted by molar-refractivity contribution is 5.73. The Bertz CT molecular complexity index is 1130. The maximum atomic E-state index is 10.6. The summed E-state index contributed by atoms with van der Waals surface area (Å²) in [4.78, 5) is 24.7. The molecule has 1 fully saturated rings. The van der Waals surface area contributed by atoms with E-state index in [9.17, 15) is 31.6 Å². The van der Waals surface area contributed by atoms with Crippen LogP contribution < -0.4 is 10.2 Å². The summed E-state index contributed by atoms with van der Waals surface area (Å²) in [7, 11) is 1.91. The highest BCUT2D eigenvalue weighted by Gasteiger charge is 2.38. The molecule has 39 heavy (non-hydrogen) atoms. The molecule has 0 spiro atoms. The lowest BCUT2D eigenvalue weighted by Crippen LogP contribution is -2.36. The lowest BCUT2D eigenvalue weighted by atomic mass is 9.96. The molecule has 0 aromatic carbocycles. The number of halogens is 6. The van der Waals surface area contributed by atoms with Crippen LogP contribution in [0.2, 0.25) is 0 Å². The van der Waals surface area contributed by atoms with Crippen molar-refractivity contribution in [2.24, 2.45) is 5.92 Å². The van der Waals surface area contributed by atoms with Crippen molar-refractivity contribution in [2.75, 3.05) is 25.0 Å². The van der Waals surface area contributed by atoms with E-state index < -0.39 is 24.3 Å². The molecule has 0 aliphatic carbocycles. The Kier molecular flexibility index (Phi) is 12.1. The number of hydrogen-bond acceptors (Lipinski definition) is 8. The first-order valence-corrected chi connectivity index (χ1v) is 11.3. The molecule has 0 unspecified atom stereocenters. The number of anilines is 1. The standard InChI is InChI=1S/C18H25N7.2C2HF3O2/c1-13-8-14(2)21-18(17(13)9-19)24-6-4-15(5-7-24)11-25-12-16(10-20-3)22-23-25;2*3-2(4,5)1(6)7/h8,12,15,20H,4-7,10-11H2,1-3H3;2*(H,6,7). The van der Waals surface area contributed by atoms with Gasteiger partial charge in [-0.3, -0.25) is 4.68 Å². The second-order valence-corrected chi connectivity index (χ2v) is 8.39. The fourth-order valence-corrected chi connectivity index (χ4v) is 3.47. The molecule has 0 atom stereocenters. The largest absolute Gasteiger partial charge is 0.490 e. The Morgan fingerprint density at radius 3 is 2.05 bits per heavy atom. The van der Waals surface area contributed by atoms with E-state index in [0.717, 1.165) is 61.8 Å². The number of rotatable bonds is 5. The van der Waals surface area contributed by atoms with Crippen molar-refractivity contribution in [1.29, 1.82) is 5.26 Å². The zero-order valence-electron chi connectivity index (χ0n) is 21.1. The molecule has 3 rings (SSSR count). The average molecular weight is 567 g/mol. The van der Waals surface area contributed by atoms with Gasteiger partial charge < -0.3 is 20.4 Å². The van der Waals surface area contributed by atoms with Crippen LogP contribution in [0.1, 0.15) is 35.4 Å². The lowest BCUT2D eigenvalue weighted by molar-refractivity contribution is -0.193. The van der Waals surface area contributed by atoms with Crippen LogP contribution in [-0.2, 0) is 22.7 Å². The maximum Gasteiger partial charge on any atom is 0.490 e. The molecule has 11 nitrogen and oxygen atoms in total. The van der Waals surface area contributed by atoms with Crippen LogP contribution in [0.25, 0.3) is 0 Å². The molecule has 3 N–H and O–H groups in total. The van der Waals surface area contributed by atoms with E-state index in [0.29, 0.717) is 11.5 Å². The first-order valence-electron chi connectivity index (χ1n) is 11.3. The molecule has 2 aromatic heterocycles. The zero-order valence-corrected chi connectivity index (χ0v) is 21.1. The second-order valence-electron chi connectivity index (χ2n) is 8.39. The van der Waals surface area contributed by atoms with Gasteiger partial charge in [0.2, 0.25) is 0 Å². The van der Waals surface area contributed by atoms with E-state index in [1.165, 1.54) is 0 Å². The van der Waals surface area contributed by atoms with Crippen molar-refractivity contribution in [3.8, 4) is 6.07 Å². The number of nitrogens with zero attached hydrogens (tertiary/aromatic N) is 6. The van der Waals surface area contributed by atoms with Crippen LogP contribution >= 0.6 is 0 Å². The zero-order chi connectivity index (χ0) is 30.0. The third-order valence-electron chi connectivity index (χ3n) is 5.23. The van der Waals surface area contributed by atoms with Crippen molar-refractivity contribution in [1.82, 2.24) is 25.3 Å². The summed E-state index contributed by atoms with van der Waals surface area (Å²) >= 11 is 0. The fraction of sp³-hybridized carbons (Fsp3) is 0.545. The van der Waals surface area contributed by atoms with Gasteiger partial charge in [0.05, 0.1) is 11.3 Å². The molecule has 2 aromatic rings. The van der Waals surface area contributed by atoms with Gasteiger partial charge in [-0.2, -0.15) is 31.6 Å². The normalized spacial score (nSPS) is 13.9. The minimum absolute atomic E-state index is 0.580. The van der Waals surface area contributed by atoms with Gasteiger partial charge in [-0.25, -0.2) is 14.6 Å². The van der Waals surface area contributed by atoms with Gasteiger partial charge in [-0.05, 0) is 51.3 Å². The Balaban J connectivity index is 0.000000449. The van der Waals surface area contributed by atoms with Crippen molar-refractivity contribution >= 4 is 17.8 Å². The smallest absolute Gasteiger partial charge is 0.475 e. The summed E-state index contributed by atoms with van der Waals surface area (Å²) in [5.74, 6) is -4.09.